The molecule has 6 nitrogen and oxygen atoms in total. The minimum Gasteiger partial charge on any atom is -0.478 e. The summed E-state index contributed by atoms with van der Waals surface area (Å²) in [6.45, 7) is 8.93. The van der Waals surface area contributed by atoms with Crippen LogP contribution in [0.2, 0.25) is 0 Å². The van der Waals surface area contributed by atoms with Gasteiger partial charge >= 0.3 is 5.97 Å². The van der Waals surface area contributed by atoms with Gasteiger partial charge in [-0.3, -0.25) is 9.89 Å². The fourth-order valence-electron chi connectivity index (χ4n) is 4.45. The summed E-state index contributed by atoms with van der Waals surface area (Å²) in [4.78, 5) is 19.8. The molecule has 0 bridgehead atoms. The number of nitrogens with one attached hydrogen (secondary N) is 1. The summed E-state index contributed by atoms with van der Waals surface area (Å²) in [5.74, 6) is -0.988. The lowest BCUT2D eigenvalue weighted by atomic mass is 9.92. The number of rotatable bonds is 10. The van der Waals surface area contributed by atoms with E-state index in [0.717, 1.165) is 25.8 Å². The normalized spacial score (nSPS) is 16.6. The molecular formula is C28H36N4O2. The average molecular weight is 461 g/mol. The van der Waals surface area contributed by atoms with Gasteiger partial charge in [0, 0.05) is 43.4 Å². The molecule has 2 aromatic carbocycles. The third kappa shape index (κ3) is 5.94. The summed E-state index contributed by atoms with van der Waals surface area (Å²) in [6.07, 6.45) is 6.11. The molecule has 0 radical (unpaired) electrons. The third-order valence-electron chi connectivity index (χ3n) is 6.54. The first-order valence-corrected chi connectivity index (χ1v) is 11.8. The first kappa shape index (κ1) is 25.2. The number of carbonyl (C=O) groups is 1. The second-order valence-corrected chi connectivity index (χ2v) is 8.83. The predicted octanol–water partition coefficient (Wildman–Crippen LogP) is 5.10. The number of aliphatic imine (C=N–C) groups is 1. The first-order chi connectivity index (χ1) is 16.3. The number of hydrogen-bond acceptors (Lipinski definition) is 5. The van der Waals surface area contributed by atoms with Crippen molar-refractivity contribution in [3.63, 3.8) is 0 Å². The van der Waals surface area contributed by atoms with Crippen LogP contribution < -0.4 is 10.2 Å². The Morgan fingerprint density at radius 2 is 1.97 bits per heavy atom. The standard InChI is InChI=1S/C28H36N4O2/c1-6-7-21-8-10-23(11-9-21)32(5)24-12-13-26-22(18-24)15-17-31(4)27(26)19-30-20(2)25(28(33)34)14-16-29-3/h8-14,16,18,27,30H,3,6-7,15,17,19H2,1-2,4-5H3,(H,33,34)/b16-14-,25-20-/t27-/m1/s1. The molecule has 0 amide bonds. The van der Waals surface area contributed by atoms with E-state index < -0.39 is 5.97 Å². The van der Waals surface area contributed by atoms with Crippen LogP contribution in [-0.4, -0.2) is 49.9 Å². The van der Waals surface area contributed by atoms with E-state index in [2.05, 4.69) is 90.3 Å². The lowest BCUT2D eigenvalue weighted by Gasteiger charge is -2.36. The predicted molar refractivity (Wildman–Crippen MR) is 141 cm³/mol. The Kier molecular flexibility index (Phi) is 8.66. The SMILES string of the molecule is C=N/C=C\C(C(=O)O)=C(/C)NC[C@@H]1c2ccc(N(C)c3ccc(CCC)cc3)cc2CCN1C. The van der Waals surface area contributed by atoms with E-state index in [1.54, 1.807) is 6.92 Å². The number of nitrogens with zero attached hydrogens (tertiary/aromatic N) is 3. The molecule has 0 saturated heterocycles. The van der Waals surface area contributed by atoms with Crippen LogP contribution in [0.25, 0.3) is 0 Å². The van der Waals surface area contributed by atoms with Gasteiger partial charge in [-0.25, -0.2) is 4.79 Å². The van der Waals surface area contributed by atoms with Crippen molar-refractivity contribution < 1.29 is 9.90 Å². The topological polar surface area (TPSA) is 68.2 Å². The van der Waals surface area contributed by atoms with Crippen LogP contribution in [0.4, 0.5) is 11.4 Å². The fourth-order valence-corrected chi connectivity index (χ4v) is 4.45. The molecular weight excluding hydrogens is 424 g/mol. The van der Waals surface area contributed by atoms with Crippen molar-refractivity contribution in [3.8, 4) is 0 Å². The molecule has 0 saturated carbocycles. The van der Waals surface area contributed by atoms with Crippen molar-refractivity contribution in [1.82, 2.24) is 10.2 Å². The molecule has 2 N–H and O–H groups in total. The largest absolute Gasteiger partial charge is 0.478 e. The second kappa shape index (κ2) is 11.7. The number of likely N-dealkylation sites (N-methyl/N-ethyl adjacent to an activating group) is 1. The number of anilines is 2. The molecule has 0 spiro atoms. The first-order valence-electron chi connectivity index (χ1n) is 11.8. The molecule has 0 aliphatic carbocycles. The molecule has 1 aliphatic rings. The molecule has 180 valence electrons. The number of benzene rings is 2. The Labute approximate surface area is 203 Å². The van der Waals surface area contributed by atoms with E-state index in [0.29, 0.717) is 12.2 Å². The number of aliphatic carboxylic acids is 1. The maximum absolute atomic E-state index is 11.6. The number of carboxylic acids is 1. The van der Waals surface area contributed by atoms with Crippen LogP contribution in [0.5, 0.6) is 0 Å². The van der Waals surface area contributed by atoms with Crippen LogP contribution in [-0.2, 0) is 17.6 Å². The number of carboxylic acid groups (broad SMARTS) is 1. The average Bonchev–Trinajstić information content (AvgIpc) is 2.83. The monoisotopic (exact) mass is 460 g/mol. The Hall–Kier alpha value is -3.38. The van der Waals surface area contributed by atoms with E-state index >= 15 is 0 Å². The minimum atomic E-state index is -0.988. The van der Waals surface area contributed by atoms with Crippen LogP contribution in [0.1, 0.15) is 43.0 Å². The highest BCUT2D eigenvalue weighted by Gasteiger charge is 2.25. The highest BCUT2D eigenvalue weighted by atomic mass is 16.4. The minimum absolute atomic E-state index is 0.155. The third-order valence-corrected chi connectivity index (χ3v) is 6.54. The van der Waals surface area contributed by atoms with E-state index in [4.69, 9.17) is 0 Å². The van der Waals surface area contributed by atoms with E-state index in [1.165, 1.54) is 40.3 Å². The molecule has 0 unspecified atom stereocenters. The maximum Gasteiger partial charge on any atom is 0.337 e. The van der Waals surface area contributed by atoms with Gasteiger partial charge in [0.2, 0.25) is 0 Å². The van der Waals surface area contributed by atoms with Crippen LogP contribution >= 0.6 is 0 Å². The number of fused-ring (bicyclic) bond motifs is 1. The van der Waals surface area contributed by atoms with Crippen LogP contribution in [0.15, 0.2) is 71.0 Å². The lowest BCUT2D eigenvalue weighted by Crippen LogP contribution is -2.38. The lowest BCUT2D eigenvalue weighted by molar-refractivity contribution is -0.132. The fraction of sp³-hybridized carbons (Fsp3) is 0.357. The van der Waals surface area contributed by atoms with Crippen LogP contribution in [0, 0.1) is 0 Å². The Bertz CT molecular complexity index is 1070. The summed E-state index contributed by atoms with van der Waals surface area (Å²) < 4.78 is 0. The molecule has 3 rings (SSSR count). The van der Waals surface area contributed by atoms with Gasteiger partial charge in [0.05, 0.1) is 11.6 Å². The quantitative estimate of drug-likeness (QED) is 0.293. The zero-order chi connectivity index (χ0) is 24.7. The molecule has 34 heavy (non-hydrogen) atoms. The van der Waals surface area contributed by atoms with Gasteiger partial charge in [-0.2, -0.15) is 0 Å². The van der Waals surface area contributed by atoms with Crippen molar-refractivity contribution in [1.29, 1.82) is 0 Å². The van der Waals surface area contributed by atoms with Crippen molar-refractivity contribution >= 4 is 24.1 Å². The van der Waals surface area contributed by atoms with Crippen molar-refractivity contribution in [3.05, 3.63) is 82.7 Å². The van der Waals surface area contributed by atoms with Gasteiger partial charge in [0.15, 0.2) is 0 Å². The Balaban J connectivity index is 1.79. The number of allylic oxidation sites excluding steroid dienone is 1. The summed E-state index contributed by atoms with van der Waals surface area (Å²) in [7, 11) is 4.23. The molecule has 0 aromatic heterocycles. The number of aryl methyl sites for hydroxylation is 1. The molecule has 0 fully saturated rings. The highest BCUT2D eigenvalue weighted by molar-refractivity contribution is 5.90. The van der Waals surface area contributed by atoms with Gasteiger partial charge in [-0.1, -0.05) is 31.5 Å². The van der Waals surface area contributed by atoms with Gasteiger partial charge in [0.25, 0.3) is 0 Å². The van der Waals surface area contributed by atoms with Crippen molar-refractivity contribution in [2.45, 2.75) is 39.2 Å². The summed E-state index contributed by atoms with van der Waals surface area (Å²) >= 11 is 0. The Morgan fingerprint density at radius 1 is 1.26 bits per heavy atom. The van der Waals surface area contributed by atoms with Gasteiger partial charge in [0.1, 0.15) is 0 Å². The zero-order valence-corrected chi connectivity index (χ0v) is 20.7. The van der Waals surface area contributed by atoms with Gasteiger partial charge in [-0.15, -0.1) is 0 Å². The summed E-state index contributed by atoms with van der Waals surface area (Å²) in [6, 6.07) is 15.6. The number of hydrogen-bond donors (Lipinski definition) is 2. The van der Waals surface area contributed by atoms with Gasteiger partial charge in [-0.05, 0) is 80.6 Å². The molecule has 6 heteroatoms. The van der Waals surface area contributed by atoms with E-state index in [1.807, 2.05) is 0 Å². The summed E-state index contributed by atoms with van der Waals surface area (Å²) in [5.41, 5.74) is 7.14. The van der Waals surface area contributed by atoms with Crippen LogP contribution in [0.3, 0.4) is 0 Å². The Morgan fingerprint density at radius 3 is 2.62 bits per heavy atom. The molecule has 1 aliphatic heterocycles. The molecule has 2 aromatic rings. The molecule has 1 atom stereocenters. The molecule has 1 heterocycles. The van der Waals surface area contributed by atoms with E-state index in [-0.39, 0.29) is 11.6 Å². The van der Waals surface area contributed by atoms with Crippen molar-refractivity contribution in [2.75, 3.05) is 32.1 Å². The van der Waals surface area contributed by atoms with Crippen molar-refractivity contribution in [2.24, 2.45) is 4.99 Å². The summed E-state index contributed by atoms with van der Waals surface area (Å²) in [5, 5.41) is 12.8. The van der Waals surface area contributed by atoms with E-state index in [9.17, 15) is 9.90 Å². The maximum atomic E-state index is 11.6. The highest BCUT2D eigenvalue weighted by Crippen LogP contribution is 2.33. The van der Waals surface area contributed by atoms with Gasteiger partial charge < -0.3 is 15.3 Å². The second-order valence-electron chi connectivity index (χ2n) is 8.83. The smallest absolute Gasteiger partial charge is 0.337 e. The zero-order valence-electron chi connectivity index (χ0n) is 20.7.